The Hall–Kier alpha value is -1.78. The number of halogens is 1. The van der Waals surface area contributed by atoms with E-state index in [1.807, 2.05) is 0 Å². The molecule has 0 fully saturated rings. The number of phenols is 1. The van der Waals surface area contributed by atoms with Crippen molar-refractivity contribution in [3.63, 3.8) is 0 Å². The highest BCUT2D eigenvalue weighted by Gasteiger charge is 2.14. The molecule has 0 amide bonds. The molecule has 1 heterocycles. The van der Waals surface area contributed by atoms with Gasteiger partial charge in [0.05, 0.1) is 17.9 Å². The summed E-state index contributed by atoms with van der Waals surface area (Å²) >= 11 is 5.92. The Bertz CT molecular complexity index is 632. The summed E-state index contributed by atoms with van der Waals surface area (Å²) in [4.78, 5) is 15.0. The average Bonchev–Trinajstić information content (AvgIpc) is 2.37. The minimum atomic E-state index is -0.331. The van der Waals surface area contributed by atoms with Crippen LogP contribution in [0.5, 0.6) is 5.75 Å². The second-order valence-electron chi connectivity index (χ2n) is 3.95. The molecule has 0 spiro atoms. The lowest BCUT2D eigenvalue weighted by molar-refractivity contribution is 0.277. The minimum absolute atomic E-state index is 0.107. The van der Waals surface area contributed by atoms with Gasteiger partial charge in [0.25, 0.3) is 0 Å². The van der Waals surface area contributed by atoms with E-state index in [-0.39, 0.29) is 22.8 Å². The first kappa shape index (κ1) is 12.7. The van der Waals surface area contributed by atoms with Crippen LogP contribution in [0.15, 0.2) is 29.1 Å². The Morgan fingerprint density at radius 1 is 1.28 bits per heavy atom. The van der Waals surface area contributed by atoms with Gasteiger partial charge in [0.15, 0.2) is 0 Å². The maximum absolute atomic E-state index is 12.1. The molecular formula is C13H12ClNO3. The minimum Gasteiger partial charge on any atom is -0.508 e. The third kappa shape index (κ3) is 2.12. The van der Waals surface area contributed by atoms with Crippen LogP contribution in [-0.4, -0.2) is 15.2 Å². The number of H-pyrrole nitrogens is 1. The highest BCUT2D eigenvalue weighted by molar-refractivity contribution is 6.31. The van der Waals surface area contributed by atoms with Crippen molar-refractivity contribution in [2.75, 3.05) is 0 Å². The zero-order valence-corrected chi connectivity index (χ0v) is 10.5. The molecule has 0 saturated heterocycles. The summed E-state index contributed by atoms with van der Waals surface area (Å²) in [7, 11) is 0. The van der Waals surface area contributed by atoms with E-state index in [0.717, 1.165) is 0 Å². The number of aliphatic hydroxyl groups is 1. The molecule has 0 saturated carbocycles. The molecule has 2 rings (SSSR count). The predicted molar refractivity (Wildman–Crippen MR) is 69.8 cm³/mol. The number of hydrogen-bond donors (Lipinski definition) is 3. The Balaban J connectivity index is 2.74. The summed E-state index contributed by atoms with van der Waals surface area (Å²) < 4.78 is 0. The Labute approximate surface area is 108 Å². The summed E-state index contributed by atoms with van der Waals surface area (Å²) in [5.74, 6) is 0.110. The number of aryl methyl sites for hydroxylation is 1. The number of hydrogen-bond acceptors (Lipinski definition) is 3. The quantitative estimate of drug-likeness (QED) is 0.779. The van der Waals surface area contributed by atoms with Crippen molar-refractivity contribution >= 4 is 11.6 Å². The number of rotatable bonds is 2. The summed E-state index contributed by atoms with van der Waals surface area (Å²) in [6.07, 6.45) is 0. The monoisotopic (exact) mass is 265 g/mol. The maximum Gasteiger partial charge on any atom is 0.208 e. The first-order chi connectivity index (χ1) is 8.54. The molecular weight excluding hydrogens is 254 g/mol. The first-order valence-corrected chi connectivity index (χ1v) is 5.74. The lowest BCUT2D eigenvalue weighted by Crippen LogP contribution is -2.13. The van der Waals surface area contributed by atoms with Gasteiger partial charge in [-0.05, 0) is 24.6 Å². The van der Waals surface area contributed by atoms with Gasteiger partial charge in [-0.25, -0.2) is 0 Å². The fraction of sp³-hybridized carbons (Fsp3) is 0.154. The molecule has 0 atom stereocenters. The number of pyridine rings is 1. The Morgan fingerprint density at radius 2 is 1.89 bits per heavy atom. The van der Waals surface area contributed by atoms with Gasteiger partial charge in [-0.1, -0.05) is 23.7 Å². The van der Waals surface area contributed by atoms with Gasteiger partial charge in [0, 0.05) is 5.69 Å². The van der Waals surface area contributed by atoms with Crippen molar-refractivity contribution in [3.05, 3.63) is 50.9 Å². The summed E-state index contributed by atoms with van der Waals surface area (Å²) in [5.41, 5.74) is 1.52. The normalized spacial score (nSPS) is 10.6. The molecule has 18 heavy (non-hydrogen) atoms. The fourth-order valence-electron chi connectivity index (χ4n) is 1.81. The van der Waals surface area contributed by atoms with Gasteiger partial charge in [0.1, 0.15) is 10.8 Å². The molecule has 2 aromatic rings. The molecule has 5 heteroatoms. The molecule has 0 radical (unpaired) electrons. The summed E-state index contributed by atoms with van der Waals surface area (Å²) in [6, 6.07) is 6.16. The van der Waals surface area contributed by atoms with Gasteiger partial charge in [-0.15, -0.1) is 0 Å². The predicted octanol–water partition coefficient (Wildman–Crippen LogP) is 2.20. The Morgan fingerprint density at radius 3 is 2.44 bits per heavy atom. The van der Waals surface area contributed by atoms with Gasteiger partial charge >= 0.3 is 0 Å². The van der Waals surface area contributed by atoms with Crippen LogP contribution in [0, 0.1) is 6.92 Å². The van der Waals surface area contributed by atoms with Crippen LogP contribution in [0.25, 0.3) is 11.1 Å². The molecule has 1 aromatic carbocycles. The van der Waals surface area contributed by atoms with E-state index in [1.165, 1.54) is 12.1 Å². The van der Waals surface area contributed by atoms with Crippen molar-refractivity contribution in [1.29, 1.82) is 0 Å². The zero-order valence-electron chi connectivity index (χ0n) is 9.70. The third-order valence-electron chi connectivity index (χ3n) is 2.71. The van der Waals surface area contributed by atoms with Crippen molar-refractivity contribution in [3.8, 4) is 16.9 Å². The molecule has 4 nitrogen and oxygen atoms in total. The van der Waals surface area contributed by atoms with E-state index < -0.39 is 0 Å². The van der Waals surface area contributed by atoms with Crippen LogP contribution in [0.4, 0.5) is 0 Å². The van der Waals surface area contributed by atoms with Crippen molar-refractivity contribution < 1.29 is 10.2 Å². The van der Waals surface area contributed by atoms with Gasteiger partial charge in [0.2, 0.25) is 5.43 Å². The number of nitrogens with one attached hydrogen (secondary N) is 1. The number of aromatic hydroxyl groups is 1. The maximum atomic E-state index is 12.1. The third-order valence-corrected chi connectivity index (χ3v) is 3.17. The van der Waals surface area contributed by atoms with E-state index in [4.69, 9.17) is 11.6 Å². The zero-order chi connectivity index (χ0) is 13.3. The van der Waals surface area contributed by atoms with Crippen LogP contribution >= 0.6 is 11.6 Å². The van der Waals surface area contributed by atoms with Crippen molar-refractivity contribution in [2.24, 2.45) is 0 Å². The number of aromatic amines is 1. The number of aromatic nitrogens is 1. The van der Waals surface area contributed by atoms with E-state index in [2.05, 4.69) is 4.98 Å². The van der Waals surface area contributed by atoms with Gasteiger partial charge < -0.3 is 15.2 Å². The van der Waals surface area contributed by atoms with Crippen LogP contribution < -0.4 is 5.43 Å². The van der Waals surface area contributed by atoms with Gasteiger partial charge in [-0.2, -0.15) is 0 Å². The molecule has 0 bridgehead atoms. The topological polar surface area (TPSA) is 73.3 Å². The number of phenolic OH excluding ortho intramolecular Hbond substituents is 1. The van der Waals surface area contributed by atoms with Crippen LogP contribution in [-0.2, 0) is 6.61 Å². The van der Waals surface area contributed by atoms with Crippen molar-refractivity contribution in [1.82, 2.24) is 4.98 Å². The molecule has 0 aliphatic carbocycles. The van der Waals surface area contributed by atoms with E-state index in [9.17, 15) is 15.0 Å². The van der Waals surface area contributed by atoms with Crippen LogP contribution in [0.2, 0.25) is 5.02 Å². The molecule has 0 aliphatic rings. The molecule has 3 N–H and O–H groups in total. The highest BCUT2D eigenvalue weighted by Crippen LogP contribution is 2.24. The Kier molecular flexibility index (Phi) is 3.41. The number of aliphatic hydroxyl groups excluding tert-OH is 1. The van der Waals surface area contributed by atoms with Gasteiger partial charge in [-0.3, -0.25) is 4.79 Å². The molecule has 0 unspecified atom stereocenters. The van der Waals surface area contributed by atoms with Crippen molar-refractivity contribution in [2.45, 2.75) is 13.5 Å². The second-order valence-corrected chi connectivity index (χ2v) is 4.33. The first-order valence-electron chi connectivity index (χ1n) is 5.36. The summed E-state index contributed by atoms with van der Waals surface area (Å²) in [6.45, 7) is 1.38. The number of benzene rings is 1. The van der Waals surface area contributed by atoms with E-state index in [0.29, 0.717) is 22.5 Å². The fourth-order valence-corrected chi connectivity index (χ4v) is 1.95. The lowest BCUT2D eigenvalue weighted by atomic mass is 10.0. The van der Waals surface area contributed by atoms with Crippen LogP contribution in [0.1, 0.15) is 11.4 Å². The smallest absolute Gasteiger partial charge is 0.208 e. The molecule has 1 aromatic heterocycles. The van der Waals surface area contributed by atoms with Crippen LogP contribution in [0.3, 0.4) is 0 Å². The second kappa shape index (κ2) is 4.84. The lowest BCUT2D eigenvalue weighted by Gasteiger charge is -2.10. The largest absolute Gasteiger partial charge is 0.508 e. The molecule has 94 valence electrons. The summed E-state index contributed by atoms with van der Waals surface area (Å²) in [5, 5.41) is 18.7. The standard InChI is InChI=1S/C13H12ClNO3/c1-7-12(14)13(18)11(10(6-16)15-7)8-2-4-9(17)5-3-8/h2-5,16-17H,6H2,1H3,(H,15,18). The average molecular weight is 266 g/mol. The van der Waals surface area contributed by atoms with E-state index in [1.54, 1.807) is 19.1 Å². The highest BCUT2D eigenvalue weighted by atomic mass is 35.5. The SMILES string of the molecule is Cc1[nH]c(CO)c(-c2ccc(O)cc2)c(=O)c1Cl. The molecule has 0 aliphatic heterocycles. The van der Waals surface area contributed by atoms with E-state index >= 15 is 0 Å².